The summed E-state index contributed by atoms with van der Waals surface area (Å²) >= 11 is 5.05. The summed E-state index contributed by atoms with van der Waals surface area (Å²) in [6.45, 7) is 0. The van der Waals surface area contributed by atoms with Crippen molar-refractivity contribution >= 4 is 28.3 Å². The minimum absolute atomic E-state index is 0.474. The number of rotatable bonds is 3. The van der Waals surface area contributed by atoms with Gasteiger partial charge in [-0.2, -0.15) is 0 Å². The van der Waals surface area contributed by atoms with Crippen LogP contribution in [-0.2, 0) is 0 Å². The van der Waals surface area contributed by atoms with Crippen molar-refractivity contribution in [2.75, 3.05) is 5.73 Å². The number of nitro groups is 1. The van der Waals surface area contributed by atoms with Gasteiger partial charge in [0.05, 0.1) is 10.5 Å². The maximum Gasteiger partial charge on any atom is 0.297 e. The first-order chi connectivity index (χ1) is 7.34. The standard InChI is InChI=1S/C7H4ClF2N3O3/c8-5(14)2-1-3(13(15)16)4(6(9)10)12-7(2)11/h1,6H,(H2,11,12). The van der Waals surface area contributed by atoms with Crippen molar-refractivity contribution in [1.82, 2.24) is 4.98 Å². The second-order valence-corrected chi connectivity index (χ2v) is 3.00. The maximum atomic E-state index is 12.4. The van der Waals surface area contributed by atoms with Crippen molar-refractivity contribution < 1.29 is 18.5 Å². The SMILES string of the molecule is Nc1nc(C(F)F)c([N+](=O)[O-])cc1C(=O)Cl. The monoisotopic (exact) mass is 251 g/mol. The average Bonchev–Trinajstić information content (AvgIpc) is 2.15. The summed E-state index contributed by atoms with van der Waals surface area (Å²) in [7, 11) is 0. The number of nitrogens with two attached hydrogens (primary N) is 1. The Kier molecular flexibility index (Phi) is 3.33. The Balaban J connectivity index is 3.49. The summed E-state index contributed by atoms with van der Waals surface area (Å²) in [6, 6.07) is 0.582. The number of pyridine rings is 1. The Morgan fingerprint density at radius 1 is 1.62 bits per heavy atom. The largest absolute Gasteiger partial charge is 0.383 e. The van der Waals surface area contributed by atoms with E-state index in [9.17, 15) is 23.7 Å². The van der Waals surface area contributed by atoms with Crippen LogP contribution in [0.2, 0.25) is 0 Å². The molecule has 2 N–H and O–H groups in total. The summed E-state index contributed by atoms with van der Waals surface area (Å²) < 4.78 is 24.7. The summed E-state index contributed by atoms with van der Waals surface area (Å²) in [6.07, 6.45) is -3.16. The topological polar surface area (TPSA) is 99.1 Å². The highest BCUT2D eigenvalue weighted by Gasteiger charge is 2.27. The molecule has 0 saturated heterocycles. The Labute approximate surface area is 92.2 Å². The lowest BCUT2D eigenvalue weighted by Crippen LogP contribution is -2.07. The fourth-order valence-corrected chi connectivity index (χ4v) is 1.15. The van der Waals surface area contributed by atoms with Crippen LogP contribution in [0.15, 0.2) is 6.07 Å². The zero-order valence-electron chi connectivity index (χ0n) is 7.49. The molecule has 0 spiro atoms. The zero-order valence-corrected chi connectivity index (χ0v) is 8.24. The number of anilines is 1. The van der Waals surface area contributed by atoms with Crippen LogP contribution in [0.5, 0.6) is 0 Å². The molecule has 16 heavy (non-hydrogen) atoms. The molecule has 0 bridgehead atoms. The van der Waals surface area contributed by atoms with Crippen LogP contribution in [0, 0.1) is 10.1 Å². The van der Waals surface area contributed by atoms with Crippen molar-refractivity contribution in [3.8, 4) is 0 Å². The molecule has 1 aromatic rings. The van der Waals surface area contributed by atoms with E-state index in [0.29, 0.717) is 6.07 Å². The molecule has 86 valence electrons. The van der Waals surface area contributed by atoms with Crippen LogP contribution < -0.4 is 5.73 Å². The van der Waals surface area contributed by atoms with E-state index in [0.717, 1.165) is 0 Å². The van der Waals surface area contributed by atoms with Crippen LogP contribution in [0.25, 0.3) is 0 Å². The smallest absolute Gasteiger partial charge is 0.297 e. The lowest BCUT2D eigenvalue weighted by molar-refractivity contribution is -0.386. The second kappa shape index (κ2) is 4.35. The van der Waals surface area contributed by atoms with Gasteiger partial charge >= 0.3 is 0 Å². The van der Waals surface area contributed by atoms with Gasteiger partial charge in [0.25, 0.3) is 17.4 Å². The van der Waals surface area contributed by atoms with Gasteiger partial charge in [-0.15, -0.1) is 0 Å². The lowest BCUT2D eigenvalue weighted by Gasteiger charge is -2.04. The molecule has 0 atom stereocenters. The molecule has 1 rings (SSSR count). The molecule has 0 aliphatic heterocycles. The molecule has 9 heteroatoms. The van der Waals surface area contributed by atoms with Crippen molar-refractivity contribution in [1.29, 1.82) is 0 Å². The van der Waals surface area contributed by atoms with Crippen LogP contribution in [-0.4, -0.2) is 15.1 Å². The molecule has 1 aromatic heterocycles. The van der Waals surface area contributed by atoms with Gasteiger partial charge in [-0.1, -0.05) is 0 Å². The third-order valence-electron chi connectivity index (χ3n) is 1.68. The number of hydrogen-bond donors (Lipinski definition) is 1. The summed E-state index contributed by atoms with van der Waals surface area (Å²) in [5.41, 5.74) is 2.60. The number of carbonyl (C=O) groups is 1. The number of halogens is 3. The van der Waals surface area contributed by atoms with E-state index in [-0.39, 0.29) is 0 Å². The fourth-order valence-electron chi connectivity index (χ4n) is 0.996. The molecule has 0 amide bonds. The molecule has 0 aromatic carbocycles. The summed E-state index contributed by atoms with van der Waals surface area (Å²) in [4.78, 5) is 23.2. The molecule has 0 unspecified atom stereocenters. The van der Waals surface area contributed by atoms with Crippen molar-refractivity contribution in [3.05, 3.63) is 27.4 Å². The van der Waals surface area contributed by atoms with E-state index in [1.54, 1.807) is 0 Å². The Hall–Kier alpha value is -1.83. The summed E-state index contributed by atoms with van der Waals surface area (Å²) in [5, 5.41) is 9.35. The number of nitrogens with zero attached hydrogens (tertiary/aromatic N) is 2. The molecule has 0 aliphatic carbocycles. The van der Waals surface area contributed by atoms with E-state index in [1.807, 2.05) is 0 Å². The number of nitrogen functional groups attached to an aromatic ring is 1. The highest BCUT2D eigenvalue weighted by atomic mass is 35.5. The predicted molar refractivity (Wildman–Crippen MR) is 50.4 cm³/mol. The van der Waals surface area contributed by atoms with Gasteiger partial charge in [0.1, 0.15) is 5.82 Å². The highest BCUT2D eigenvalue weighted by molar-refractivity contribution is 6.68. The van der Waals surface area contributed by atoms with E-state index < -0.39 is 39.4 Å². The van der Waals surface area contributed by atoms with Gasteiger partial charge in [0, 0.05) is 6.07 Å². The van der Waals surface area contributed by atoms with Crippen LogP contribution in [0.1, 0.15) is 22.5 Å². The minimum atomic E-state index is -3.16. The number of hydrogen-bond acceptors (Lipinski definition) is 5. The highest BCUT2D eigenvalue weighted by Crippen LogP contribution is 2.30. The number of alkyl halides is 2. The molecular weight excluding hydrogens is 248 g/mol. The Morgan fingerprint density at radius 2 is 2.19 bits per heavy atom. The number of carbonyl (C=O) groups excluding carboxylic acids is 1. The Bertz CT molecular complexity index is 466. The second-order valence-electron chi connectivity index (χ2n) is 2.66. The molecular formula is C7H4ClF2N3O3. The van der Waals surface area contributed by atoms with Crippen LogP contribution in [0.4, 0.5) is 20.3 Å². The molecule has 0 aliphatic rings. The van der Waals surface area contributed by atoms with Gasteiger partial charge in [0.15, 0.2) is 5.69 Å². The first-order valence-electron chi connectivity index (χ1n) is 3.77. The van der Waals surface area contributed by atoms with E-state index in [2.05, 4.69) is 4.98 Å². The van der Waals surface area contributed by atoms with Crippen molar-refractivity contribution in [3.63, 3.8) is 0 Å². The van der Waals surface area contributed by atoms with Crippen LogP contribution >= 0.6 is 11.6 Å². The fraction of sp³-hybridized carbons (Fsp3) is 0.143. The molecule has 0 radical (unpaired) electrons. The third-order valence-corrected chi connectivity index (χ3v) is 1.88. The molecule has 6 nitrogen and oxygen atoms in total. The van der Waals surface area contributed by atoms with Crippen molar-refractivity contribution in [2.45, 2.75) is 6.43 Å². The average molecular weight is 252 g/mol. The van der Waals surface area contributed by atoms with Crippen LogP contribution in [0.3, 0.4) is 0 Å². The molecule has 1 heterocycles. The number of aromatic nitrogens is 1. The van der Waals surface area contributed by atoms with Crippen molar-refractivity contribution in [2.24, 2.45) is 0 Å². The Morgan fingerprint density at radius 3 is 2.56 bits per heavy atom. The van der Waals surface area contributed by atoms with Gasteiger partial charge in [-0.25, -0.2) is 13.8 Å². The summed E-state index contributed by atoms with van der Waals surface area (Å²) in [5.74, 6) is -0.569. The first-order valence-corrected chi connectivity index (χ1v) is 4.15. The normalized spacial score (nSPS) is 10.5. The third kappa shape index (κ3) is 2.22. The molecule has 0 fully saturated rings. The van der Waals surface area contributed by atoms with Gasteiger partial charge in [-0.05, 0) is 11.6 Å². The zero-order chi connectivity index (χ0) is 12.5. The van der Waals surface area contributed by atoms with Gasteiger partial charge < -0.3 is 5.73 Å². The first kappa shape index (κ1) is 12.2. The van der Waals surface area contributed by atoms with E-state index in [1.165, 1.54) is 0 Å². The lowest BCUT2D eigenvalue weighted by atomic mass is 10.2. The van der Waals surface area contributed by atoms with E-state index in [4.69, 9.17) is 17.3 Å². The minimum Gasteiger partial charge on any atom is -0.383 e. The maximum absolute atomic E-state index is 12.4. The van der Waals surface area contributed by atoms with Gasteiger partial charge in [0.2, 0.25) is 0 Å². The van der Waals surface area contributed by atoms with E-state index >= 15 is 0 Å². The van der Waals surface area contributed by atoms with Gasteiger partial charge in [-0.3, -0.25) is 14.9 Å². The quantitative estimate of drug-likeness (QED) is 0.502. The predicted octanol–water partition coefficient (Wildman–Crippen LogP) is 1.89. The molecule has 0 saturated carbocycles.